The summed E-state index contributed by atoms with van der Waals surface area (Å²) in [5.41, 5.74) is 2.40. The highest BCUT2D eigenvalue weighted by Gasteiger charge is 2.28. The van der Waals surface area contributed by atoms with Gasteiger partial charge in [0.25, 0.3) is 0 Å². The first-order chi connectivity index (χ1) is 13.6. The van der Waals surface area contributed by atoms with Crippen LogP contribution in [0.4, 0.5) is 5.95 Å². The first-order valence-electron chi connectivity index (χ1n) is 8.71. The molecule has 2 aromatic heterocycles. The predicted molar refractivity (Wildman–Crippen MR) is 105 cm³/mol. The van der Waals surface area contributed by atoms with Crippen molar-refractivity contribution in [3.05, 3.63) is 36.0 Å². The second-order valence-corrected chi connectivity index (χ2v) is 9.73. The van der Waals surface area contributed by atoms with Crippen LogP contribution < -0.4 is 14.8 Å². The maximum Gasteiger partial charge on any atom is 0.231 e. The van der Waals surface area contributed by atoms with Crippen LogP contribution in [0.15, 0.2) is 36.0 Å². The number of fused-ring (bicyclic) bond motifs is 1. The lowest BCUT2D eigenvalue weighted by molar-refractivity contribution is 0.174. The maximum atomic E-state index is 11.7. The number of hydrogen-bond donors (Lipinski definition) is 1. The third-order valence-electron chi connectivity index (χ3n) is 4.67. The molecule has 2 aliphatic heterocycles. The van der Waals surface area contributed by atoms with E-state index < -0.39 is 9.84 Å². The van der Waals surface area contributed by atoms with E-state index in [0.29, 0.717) is 29.6 Å². The second kappa shape index (κ2) is 6.71. The number of hydrogen-bond acceptors (Lipinski definition) is 9. The first kappa shape index (κ1) is 17.4. The summed E-state index contributed by atoms with van der Waals surface area (Å²) in [6, 6.07) is 5.51. The minimum absolute atomic E-state index is 0.104. The molecule has 10 heteroatoms. The van der Waals surface area contributed by atoms with Crippen LogP contribution in [0.5, 0.6) is 11.5 Å². The first-order valence-corrected chi connectivity index (χ1v) is 11.4. The van der Waals surface area contributed by atoms with Crippen molar-refractivity contribution in [1.82, 2.24) is 15.0 Å². The summed E-state index contributed by atoms with van der Waals surface area (Å²) in [6.07, 6.45) is 4.01. The van der Waals surface area contributed by atoms with Gasteiger partial charge in [0.05, 0.1) is 11.5 Å². The predicted octanol–water partition coefficient (Wildman–Crippen LogP) is 2.59. The van der Waals surface area contributed by atoms with E-state index in [1.165, 1.54) is 11.3 Å². The molecule has 28 heavy (non-hydrogen) atoms. The van der Waals surface area contributed by atoms with Crippen molar-refractivity contribution in [1.29, 1.82) is 0 Å². The number of nitrogens with one attached hydrogen (secondary N) is 1. The number of sulfone groups is 1. The van der Waals surface area contributed by atoms with Crippen LogP contribution in [0, 0.1) is 0 Å². The number of thiazole rings is 1. The average molecular weight is 416 g/mol. The smallest absolute Gasteiger partial charge is 0.231 e. The van der Waals surface area contributed by atoms with Crippen LogP contribution in [-0.4, -0.2) is 47.7 Å². The summed E-state index contributed by atoms with van der Waals surface area (Å²) in [5, 5.41) is 5.80. The molecule has 1 fully saturated rings. The largest absolute Gasteiger partial charge is 0.454 e. The maximum absolute atomic E-state index is 11.7. The fourth-order valence-electron chi connectivity index (χ4n) is 3.32. The van der Waals surface area contributed by atoms with Crippen molar-refractivity contribution in [2.24, 2.45) is 0 Å². The zero-order valence-electron chi connectivity index (χ0n) is 14.7. The molecular weight excluding hydrogens is 400 g/mol. The summed E-state index contributed by atoms with van der Waals surface area (Å²) in [5.74, 6) is 2.09. The molecule has 0 spiro atoms. The van der Waals surface area contributed by atoms with Crippen molar-refractivity contribution in [3.63, 3.8) is 0 Å². The van der Waals surface area contributed by atoms with Gasteiger partial charge in [-0.25, -0.2) is 23.4 Å². The Balaban J connectivity index is 1.52. The number of rotatable bonds is 4. The molecule has 1 N–H and O–H groups in total. The SMILES string of the molecule is O=S1(=O)CCC(Nc2ncc(-c3ccc4c(c3)OCO4)c(-c3nccs3)n2)C1. The Hall–Kier alpha value is -2.72. The second-order valence-electron chi connectivity index (χ2n) is 6.61. The van der Waals surface area contributed by atoms with Gasteiger partial charge in [0.1, 0.15) is 10.7 Å². The number of aromatic nitrogens is 3. The van der Waals surface area contributed by atoms with Crippen molar-refractivity contribution in [2.75, 3.05) is 23.6 Å². The molecule has 0 aliphatic carbocycles. The summed E-state index contributed by atoms with van der Waals surface area (Å²) in [4.78, 5) is 13.5. The average Bonchev–Trinajstić information content (AvgIpc) is 3.42. The van der Waals surface area contributed by atoms with Crippen molar-refractivity contribution >= 4 is 27.1 Å². The summed E-state index contributed by atoms with van der Waals surface area (Å²) >= 11 is 1.48. The highest BCUT2D eigenvalue weighted by atomic mass is 32.2. The quantitative estimate of drug-likeness (QED) is 0.692. The van der Waals surface area contributed by atoms with Crippen LogP contribution in [0.1, 0.15) is 6.42 Å². The number of nitrogens with zero attached hydrogens (tertiary/aromatic N) is 3. The van der Waals surface area contributed by atoms with Gasteiger partial charge in [0, 0.05) is 29.4 Å². The van der Waals surface area contributed by atoms with E-state index in [2.05, 4.69) is 20.3 Å². The topological polar surface area (TPSA) is 103 Å². The Morgan fingerprint density at radius 2 is 2.07 bits per heavy atom. The highest BCUT2D eigenvalue weighted by molar-refractivity contribution is 7.91. The van der Waals surface area contributed by atoms with E-state index >= 15 is 0 Å². The zero-order chi connectivity index (χ0) is 19.1. The van der Waals surface area contributed by atoms with E-state index in [1.807, 2.05) is 23.6 Å². The highest BCUT2D eigenvalue weighted by Crippen LogP contribution is 2.39. The van der Waals surface area contributed by atoms with Gasteiger partial charge in [-0.15, -0.1) is 11.3 Å². The minimum Gasteiger partial charge on any atom is -0.454 e. The molecule has 144 valence electrons. The van der Waals surface area contributed by atoms with Gasteiger partial charge >= 0.3 is 0 Å². The Morgan fingerprint density at radius 3 is 2.86 bits per heavy atom. The molecule has 8 nitrogen and oxygen atoms in total. The lowest BCUT2D eigenvalue weighted by atomic mass is 10.1. The third kappa shape index (κ3) is 3.29. The van der Waals surface area contributed by atoms with Crippen LogP contribution in [-0.2, 0) is 9.84 Å². The minimum atomic E-state index is -2.98. The Kier molecular flexibility index (Phi) is 4.17. The van der Waals surface area contributed by atoms with Crippen LogP contribution in [0.3, 0.4) is 0 Å². The molecule has 1 atom stereocenters. The van der Waals surface area contributed by atoms with E-state index in [-0.39, 0.29) is 24.3 Å². The third-order valence-corrected chi connectivity index (χ3v) is 7.22. The Labute approximate surface area is 165 Å². The molecule has 0 saturated carbocycles. The van der Waals surface area contributed by atoms with Gasteiger partial charge in [0.2, 0.25) is 12.7 Å². The molecule has 0 radical (unpaired) electrons. The number of ether oxygens (including phenoxy) is 2. The van der Waals surface area contributed by atoms with E-state index in [9.17, 15) is 8.42 Å². The molecule has 0 amide bonds. The molecule has 3 aromatic rings. The fourth-order valence-corrected chi connectivity index (χ4v) is 5.63. The van der Waals surface area contributed by atoms with Crippen LogP contribution in [0.25, 0.3) is 21.8 Å². The Morgan fingerprint density at radius 1 is 1.18 bits per heavy atom. The van der Waals surface area contributed by atoms with Crippen molar-refractivity contribution in [2.45, 2.75) is 12.5 Å². The van der Waals surface area contributed by atoms with Crippen molar-refractivity contribution in [3.8, 4) is 33.3 Å². The molecule has 5 rings (SSSR count). The van der Waals surface area contributed by atoms with Crippen LogP contribution >= 0.6 is 11.3 Å². The lowest BCUT2D eigenvalue weighted by Crippen LogP contribution is -2.22. The standard InChI is InChI=1S/C18H16N4O4S2/c23-28(24)6-3-12(9-28)21-18-20-8-13(16(22-18)17-19-4-5-27-17)11-1-2-14-15(7-11)26-10-25-14/h1-2,4-5,7-8,12H,3,6,9-10H2,(H,20,21,22). The fraction of sp³-hybridized carbons (Fsp3) is 0.278. The summed E-state index contributed by atoms with van der Waals surface area (Å²) < 4.78 is 34.3. The van der Waals surface area contributed by atoms with E-state index in [1.54, 1.807) is 12.4 Å². The summed E-state index contributed by atoms with van der Waals surface area (Å²) in [6.45, 7) is 0.210. The van der Waals surface area contributed by atoms with Gasteiger partial charge in [-0.3, -0.25) is 0 Å². The number of anilines is 1. The monoisotopic (exact) mass is 416 g/mol. The van der Waals surface area contributed by atoms with Gasteiger partial charge in [-0.2, -0.15) is 0 Å². The van der Waals surface area contributed by atoms with Crippen LogP contribution in [0.2, 0.25) is 0 Å². The molecule has 1 unspecified atom stereocenters. The van der Waals surface area contributed by atoms with Crippen molar-refractivity contribution < 1.29 is 17.9 Å². The van der Waals surface area contributed by atoms with E-state index in [4.69, 9.17) is 9.47 Å². The molecular formula is C18H16N4O4S2. The van der Waals surface area contributed by atoms with E-state index in [0.717, 1.165) is 16.1 Å². The summed E-state index contributed by atoms with van der Waals surface area (Å²) in [7, 11) is -2.98. The number of benzene rings is 1. The normalized spacial score (nSPS) is 19.6. The van der Waals surface area contributed by atoms with Gasteiger partial charge < -0.3 is 14.8 Å². The molecule has 1 aromatic carbocycles. The molecule has 2 aliphatic rings. The lowest BCUT2D eigenvalue weighted by Gasteiger charge is -2.13. The Bertz CT molecular complexity index is 1130. The zero-order valence-corrected chi connectivity index (χ0v) is 16.3. The molecule has 4 heterocycles. The van der Waals surface area contributed by atoms with Gasteiger partial charge in [0.15, 0.2) is 21.3 Å². The van der Waals surface area contributed by atoms with Gasteiger partial charge in [-0.05, 0) is 24.1 Å². The van der Waals surface area contributed by atoms with Gasteiger partial charge in [-0.1, -0.05) is 6.07 Å². The molecule has 0 bridgehead atoms. The molecule has 1 saturated heterocycles.